The second-order valence-electron chi connectivity index (χ2n) is 4.90. The summed E-state index contributed by atoms with van der Waals surface area (Å²) in [5.41, 5.74) is 1.16. The Bertz CT molecular complexity index is 377. The van der Waals surface area contributed by atoms with Gasteiger partial charge in [-0.2, -0.15) is 0 Å². The summed E-state index contributed by atoms with van der Waals surface area (Å²) >= 11 is 17.3. The smallest absolute Gasteiger partial charge is 0.211 e. The van der Waals surface area contributed by atoms with Gasteiger partial charge >= 0.3 is 0 Å². The summed E-state index contributed by atoms with van der Waals surface area (Å²) in [6, 6.07) is 0. The Hall–Kier alpha value is 0.0200. The topological polar surface area (TPSA) is 17.1 Å². The van der Waals surface area contributed by atoms with Crippen molar-refractivity contribution in [1.29, 1.82) is 0 Å². The Morgan fingerprint density at radius 3 is 2.65 bits per heavy atom. The lowest BCUT2D eigenvalue weighted by Gasteiger charge is -2.30. The van der Waals surface area contributed by atoms with Gasteiger partial charge in [0.25, 0.3) is 0 Å². The van der Waals surface area contributed by atoms with Crippen molar-refractivity contribution in [2.75, 3.05) is 0 Å². The summed E-state index contributed by atoms with van der Waals surface area (Å²) in [6.45, 7) is 5.62. The van der Waals surface area contributed by atoms with Crippen LogP contribution in [0.4, 0.5) is 0 Å². The fourth-order valence-corrected chi connectivity index (χ4v) is 2.21. The minimum absolute atomic E-state index is 0.206. The number of allylic oxidation sites excluding steroid dienone is 4. The molecule has 0 fully saturated rings. The van der Waals surface area contributed by atoms with Gasteiger partial charge in [-0.1, -0.05) is 53.9 Å². The largest absolute Gasteiger partial charge is 0.294 e. The lowest BCUT2D eigenvalue weighted by Crippen LogP contribution is -2.30. The molecule has 0 saturated carbocycles. The van der Waals surface area contributed by atoms with E-state index in [2.05, 4.69) is 0 Å². The lowest BCUT2D eigenvalue weighted by molar-refractivity contribution is -0.124. The molecule has 1 unspecified atom stereocenters. The van der Waals surface area contributed by atoms with E-state index >= 15 is 0 Å². The molecule has 0 saturated heterocycles. The first-order valence-corrected chi connectivity index (χ1v) is 6.76. The lowest BCUT2D eigenvalue weighted by atomic mass is 9.72. The van der Waals surface area contributed by atoms with Crippen molar-refractivity contribution in [3.05, 3.63) is 23.3 Å². The summed E-state index contributed by atoms with van der Waals surface area (Å²) in [6.07, 6.45) is 6.28. The molecule has 4 heteroatoms. The molecular formula is C13H17Cl3O. The second kappa shape index (κ2) is 5.34. The predicted octanol–water partition coefficient (Wildman–Crippen LogP) is 5.01. The van der Waals surface area contributed by atoms with Gasteiger partial charge in [-0.25, -0.2) is 0 Å². The minimum Gasteiger partial charge on any atom is -0.294 e. The summed E-state index contributed by atoms with van der Waals surface area (Å²) < 4.78 is -1.38. The van der Waals surface area contributed by atoms with E-state index in [1.54, 1.807) is 6.92 Å². The highest BCUT2D eigenvalue weighted by Crippen LogP contribution is 2.39. The van der Waals surface area contributed by atoms with Gasteiger partial charge in [-0.05, 0) is 44.3 Å². The number of Topliss-reactive ketones (excluding diaryl/α,β-unsaturated/α-hetero) is 1. The van der Waals surface area contributed by atoms with Crippen molar-refractivity contribution in [2.45, 2.75) is 43.8 Å². The molecule has 0 spiro atoms. The average molecular weight is 296 g/mol. The van der Waals surface area contributed by atoms with Gasteiger partial charge < -0.3 is 0 Å². The molecule has 0 radical (unpaired) electrons. The van der Waals surface area contributed by atoms with Crippen LogP contribution < -0.4 is 0 Å². The number of halogens is 3. The third kappa shape index (κ3) is 3.74. The number of hydrogen-bond acceptors (Lipinski definition) is 1. The zero-order valence-electron chi connectivity index (χ0n) is 10.3. The fraction of sp³-hybridized carbons (Fsp3) is 0.615. The number of ketones is 1. The zero-order valence-corrected chi connectivity index (χ0v) is 12.6. The Labute approximate surface area is 118 Å². The fourth-order valence-electron chi connectivity index (χ4n) is 1.98. The molecule has 1 rings (SSSR count). The molecule has 1 nitrogen and oxygen atoms in total. The Morgan fingerprint density at radius 1 is 1.53 bits per heavy atom. The first-order valence-electron chi connectivity index (χ1n) is 5.62. The molecule has 0 aromatic carbocycles. The molecule has 0 amide bonds. The van der Waals surface area contributed by atoms with Crippen molar-refractivity contribution < 1.29 is 4.79 Å². The van der Waals surface area contributed by atoms with Crippen LogP contribution in [0.5, 0.6) is 0 Å². The first kappa shape index (κ1) is 15.1. The van der Waals surface area contributed by atoms with Crippen molar-refractivity contribution in [3.63, 3.8) is 0 Å². The van der Waals surface area contributed by atoms with Crippen LogP contribution in [0.1, 0.15) is 40.0 Å². The third-order valence-corrected chi connectivity index (χ3v) is 4.25. The van der Waals surface area contributed by atoms with E-state index in [4.69, 9.17) is 34.8 Å². The van der Waals surface area contributed by atoms with Gasteiger partial charge in [-0.15, -0.1) is 0 Å². The molecule has 96 valence electrons. The van der Waals surface area contributed by atoms with Crippen LogP contribution >= 0.6 is 34.8 Å². The number of hydrogen-bond donors (Lipinski definition) is 0. The van der Waals surface area contributed by atoms with Crippen molar-refractivity contribution >= 4 is 40.6 Å². The van der Waals surface area contributed by atoms with Gasteiger partial charge in [-0.3, -0.25) is 4.79 Å². The molecule has 17 heavy (non-hydrogen) atoms. The van der Waals surface area contributed by atoms with E-state index in [-0.39, 0.29) is 11.2 Å². The molecule has 0 bridgehead atoms. The molecule has 1 atom stereocenters. The molecule has 0 aliphatic heterocycles. The molecule has 0 aromatic heterocycles. The minimum atomic E-state index is -1.38. The maximum Gasteiger partial charge on any atom is 0.211 e. The number of carbonyl (C=O) groups excluding carboxylic acids is 1. The Balaban J connectivity index is 2.82. The van der Waals surface area contributed by atoms with E-state index in [0.29, 0.717) is 12.0 Å². The maximum absolute atomic E-state index is 12.1. The summed E-state index contributed by atoms with van der Waals surface area (Å²) in [4.78, 5) is 12.1. The zero-order chi connectivity index (χ0) is 13.3. The molecule has 0 aromatic rings. The van der Waals surface area contributed by atoms with E-state index < -0.39 is 3.79 Å². The van der Waals surface area contributed by atoms with E-state index in [0.717, 1.165) is 18.4 Å². The van der Waals surface area contributed by atoms with E-state index in [9.17, 15) is 4.79 Å². The average Bonchev–Trinajstić information content (AvgIpc) is 2.21. The predicted molar refractivity (Wildman–Crippen MR) is 74.8 cm³/mol. The normalized spacial score (nSPS) is 27.1. The number of rotatable bonds is 2. The summed E-state index contributed by atoms with van der Waals surface area (Å²) in [5.74, 6) is 0.206. The van der Waals surface area contributed by atoms with Crippen LogP contribution in [-0.4, -0.2) is 9.58 Å². The van der Waals surface area contributed by atoms with Crippen LogP contribution in [0, 0.1) is 5.41 Å². The van der Waals surface area contributed by atoms with Gasteiger partial charge in [0, 0.05) is 5.41 Å². The number of alkyl halides is 3. The summed E-state index contributed by atoms with van der Waals surface area (Å²) in [7, 11) is 0. The highest BCUT2D eigenvalue weighted by atomic mass is 35.6. The monoisotopic (exact) mass is 294 g/mol. The molecular weight excluding hydrogens is 279 g/mol. The quantitative estimate of drug-likeness (QED) is 0.517. The van der Waals surface area contributed by atoms with Crippen LogP contribution in [0.25, 0.3) is 0 Å². The van der Waals surface area contributed by atoms with Gasteiger partial charge in [0.2, 0.25) is 3.79 Å². The molecule has 1 aliphatic carbocycles. The highest BCUT2D eigenvalue weighted by molar-refractivity contribution is 6.69. The van der Waals surface area contributed by atoms with Crippen molar-refractivity contribution in [3.8, 4) is 0 Å². The standard InChI is InChI=1S/C13H17Cl3O/c1-9-5-4-7-12(3,11(9)17)8-6-10(2)13(14,15)16/h5-6H,4,7-8H2,1-3H3/b10-6+. The first-order chi connectivity index (χ1) is 7.67. The highest BCUT2D eigenvalue weighted by Gasteiger charge is 2.35. The third-order valence-electron chi connectivity index (χ3n) is 3.36. The van der Waals surface area contributed by atoms with Crippen molar-refractivity contribution in [1.82, 2.24) is 0 Å². The van der Waals surface area contributed by atoms with Crippen LogP contribution in [-0.2, 0) is 4.79 Å². The second-order valence-corrected chi connectivity index (χ2v) is 7.19. The van der Waals surface area contributed by atoms with Crippen LogP contribution in [0.2, 0.25) is 0 Å². The van der Waals surface area contributed by atoms with Gasteiger partial charge in [0.1, 0.15) is 0 Å². The molecule has 0 heterocycles. The summed E-state index contributed by atoms with van der Waals surface area (Å²) in [5, 5.41) is 0. The van der Waals surface area contributed by atoms with Gasteiger partial charge in [0.05, 0.1) is 0 Å². The van der Waals surface area contributed by atoms with E-state index in [1.165, 1.54) is 0 Å². The SMILES string of the molecule is CC1=CCCC(C)(C/C=C(\C)C(Cl)(Cl)Cl)C1=O. The van der Waals surface area contributed by atoms with Crippen LogP contribution in [0.15, 0.2) is 23.3 Å². The Morgan fingerprint density at radius 2 is 2.12 bits per heavy atom. The maximum atomic E-state index is 12.1. The van der Waals surface area contributed by atoms with Gasteiger partial charge in [0.15, 0.2) is 5.78 Å². The molecule has 1 aliphatic rings. The Kier molecular flexibility index (Phi) is 4.73. The van der Waals surface area contributed by atoms with Crippen molar-refractivity contribution in [2.24, 2.45) is 5.41 Å². The van der Waals surface area contributed by atoms with Crippen LogP contribution in [0.3, 0.4) is 0 Å². The molecule has 0 N–H and O–H groups in total. The number of carbonyl (C=O) groups is 1. The van der Waals surface area contributed by atoms with E-state index in [1.807, 2.05) is 26.0 Å².